The van der Waals surface area contributed by atoms with E-state index in [9.17, 15) is 18.0 Å². The second-order valence-electron chi connectivity index (χ2n) is 4.59. The van der Waals surface area contributed by atoms with Crippen molar-refractivity contribution in [3.63, 3.8) is 0 Å². The van der Waals surface area contributed by atoms with E-state index in [4.69, 9.17) is 0 Å². The first-order valence-corrected chi connectivity index (χ1v) is 8.17. The highest BCUT2D eigenvalue weighted by Gasteiger charge is 2.30. The molecule has 0 spiro atoms. The number of nitrogens with one attached hydrogen (secondary N) is 1. The van der Waals surface area contributed by atoms with Crippen molar-refractivity contribution in [3.8, 4) is 0 Å². The van der Waals surface area contributed by atoms with Gasteiger partial charge in [-0.3, -0.25) is 4.79 Å². The molecule has 1 fully saturated rings. The fourth-order valence-electron chi connectivity index (χ4n) is 1.86. The summed E-state index contributed by atoms with van der Waals surface area (Å²) in [6.45, 7) is 0. The topological polar surface area (TPSA) is 41.5 Å². The van der Waals surface area contributed by atoms with E-state index >= 15 is 0 Å². The third-order valence-electron chi connectivity index (χ3n) is 2.90. The van der Waals surface area contributed by atoms with E-state index in [2.05, 4.69) is 10.3 Å². The minimum Gasteiger partial charge on any atom is -0.300 e. The molecule has 2 aromatic rings. The van der Waals surface area contributed by atoms with Gasteiger partial charge in [0.05, 0.1) is 16.2 Å². The molecule has 1 aliphatic rings. The van der Waals surface area contributed by atoms with Gasteiger partial charge in [-0.2, -0.15) is 24.5 Å². The first-order chi connectivity index (χ1) is 10.9. The molecule has 0 atom stereocenters. The van der Waals surface area contributed by atoms with E-state index in [-0.39, 0.29) is 16.8 Å². The van der Waals surface area contributed by atoms with Gasteiger partial charge in [0.1, 0.15) is 0 Å². The number of amidine groups is 1. The van der Waals surface area contributed by atoms with E-state index < -0.39 is 11.7 Å². The van der Waals surface area contributed by atoms with Crippen molar-refractivity contribution in [2.75, 3.05) is 0 Å². The third-order valence-corrected chi connectivity index (χ3v) is 4.51. The summed E-state index contributed by atoms with van der Waals surface area (Å²) in [6.07, 6.45) is -2.71. The Morgan fingerprint density at radius 1 is 1.22 bits per heavy atom. The molecule has 0 bridgehead atoms. The van der Waals surface area contributed by atoms with Crippen LogP contribution in [-0.4, -0.2) is 11.1 Å². The Kier molecular flexibility index (Phi) is 4.27. The summed E-state index contributed by atoms with van der Waals surface area (Å²) in [5.74, 6) is -0.313. The molecule has 1 aromatic heterocycles. The van der Waals surface area contributed by atoms with Gasteiger partial charge in [-0.15, -0.1) is 0 Å². The molecular weight excluding hydrogens is 345 g/mol. The van der Waals surface area contributed by atoms with Crippen LogP contribution in [0.3, 0.4) is 0 Å². The van der Waals surface area contributed by atoms with Crippen LogP contribution in [0.15, 0.2) is 51.0 Å². The van der Waals surface area contributed by atoms with Crippen molar-refractivity contribution in [1.82, 2.24) is 5.32 Å². The van der Waals surface area contributed by atoms with Gasteiger partial charge in [0.2, 0.25) is 0 Å². The predicted octanol–water partition coefficient (Wildman–Crippen LogP) is 4.66. The second kappa shape index (κ2) is 6.21. The highest BCUT2D eigenvalue weighted by atomic mass is 32.2. The summed E-state index contributed by atoms with van der Waals surface area (Å²) in [5, 5.41) is 6.59. The van der Waals surface area contributed by atoms with E-state index in [1.807, 2.05) is 16.8 Å². The molecule has 1 aliphatic heterocycles. The number of amides is 1. The molecule has 8 heteroatoms. The number of benzene rings is 1. The van der Waals surface area contributed by atoms with Gasteiger partial charge in [0.25, 0.3) is 5.91 Å². The first kappa shape index (κ1) is 15.8. The van der Waals surface area contributed by atoms with Crippen molar-refractivity contribution in [2.24, 2.45) is 4.99 Å². The fourth-order valence-corrected chi connectivity index (χ4v) is 3.32. The molecule has 1 amide bonds. The Morgan fingerprint density at radius 2 is 2.04 bits per heavy atom. The number of hydrogen-bond donors (Lipinski definition) is 1. The van der Waals surface area contributed by atoms with Crippen molar-refractivity contribution >= 4 is 45.9 Å². The molecule has 2 heterocycles. The van der Waals surface area contributed by atoms with Crippen LogP contribution in [0.5, 0.6) is 0 Å². The zero-order chi connectivity index (χ0) is 16.4. The smallest absolute Gasteiger partial charge is 0.300 e. The van der Waals surface area contributed by atoms with Crippen molar-refractivity contribution in [2.45, 2.75) is 6.18 Å². The summed E-state index contributed by atoms with van der Waals surface area (Å²) in [5.41, 5.74) is 0.259. The zero-order valence-electron chi connectivity index (χ0n) is 11.4. The van der Waals surface area contributed by atoms with E-state index in [1.165, 1.54) is 23.5 Å². The number of alkyl halides is 3. The highest BCUT2D eigenvalue weighted by Crippen LogP contribution is 2.33. The van der Waals surface area contributed by atoms with Crippen LogP contribution in [-0.2, 0) is 11.0 Å². The molecule has 0 unspecified atom stereocenters. The number of thioether (sulfide) groups is 1. The Balaban J connectivity index is 1.83. The number of thiophene rings is 1. The molecular formula is C15H9F3N2OS2. The number of hydrogen-bond acceptors (Lipinski definition) is 4. The van der Waals surface area contributed by atoms with E-state index in [0.717, 1.165) is 29.5 Å². The van der Waals surface area contributed by atoms with E-state index in [0.29, 0.717) is 4.91 Å². The minimum absolute atomic E-state index is 0.138. The predicted molar refractivity (Wildman–Crippen MR) is 86.6 cm³/mol. The Bertz CT molecular complexity index is 795. The number of nitrogens with zero attached hydrogens (tertiary/aromatic N) is 1. The summed E-state index contributed by atoms with van der Waals surface area (Å²) >= 11 is 2.61. The number of halogens is 3. The summed E-state index contributed by atoms with van der Waals surface area (Å²) in [7, 11) is 0. The lowest BCUT2D eigenvalue weighted by Crippen LogP contribution is -2.19. The molecule has 0 aliphatic carbocycles. The quantitative estimate of drug-likeness (QED) is 0.797. The van der Waals surface area contributed by atoms with Crippen LogP contribution < -0.4 is 5.32 Å². The maximum Gasteiger partial charge on any atom is 0.416 e. The van der Waals surface area contributed by atoms with Gasteiger partial charge in [0, 0.05) is 0 Å². The lowest BCUT2D eigenvalue weighted by Gasteiger charge is -2.06. The first-order valence-electron chi connectivity index (χ1n) is 6.41. The van der Waals surface area contributed by atoms with Crippen LogP contribution in [0.1, 0.15) is 11.1 Å². The van der Waals surface area contributed by atoms with Gasteiger partial charge in [-0.1, -0.05) is 6.07 Å². The average molecular weight is 354 g/mol. The monoisotopic (exact) mass is 354 g/mol. The van der Waals surface area contributed by atoms with Gasteiger partial charge in [0.15, 0.2) is 5.17 Å². The minimum atomic E-state index is -4.42. The molecule has 1 N–H and O–H groups in total. The SMILES string of the molecule is O=C1NC(=Nc2cccc(C(F)(F)F)c2)S/C1=C/c1ccsc1. The standard InChI is InChI=1S/C15H9F3N2OS2/c16-15(17,18)10-2-1-3-11(7-10)19-14-20-13(21)12(23-14)6-9-4-5-22-8-9/h1-8H,(H,19,20,21)/b12-6+. The average Bonchev–Trinajstić information content (AvgIpc) is 3.10. The summed E-state index contributed by atoms with van der Waals surface area (Å²) in [6, 6.07) is 6.53. The molecule has 0 radical (unpaired) electrons. The largest absolute Gasteiger partial charge is 0.416 e. The molecule has 3 nitrogen and oxygen atoms in total. The molecule has 3 rings (SSSR count). The lowest BCUT2D eigenvalue weighted by molar-refractivity contribution is -0.137. The van der Waals surface area contributed by atoms with Gasteiger partial charge in [-0.05, 0) is 58.4 Å². The Labute approximate surface area is 137 Å². The maximum atomic E-state index is 12.7. The van der Waals surface area contributed by atoms with Crippen LogP contribution in [0.25, 0.3) is 6.08 Å². The fraction of sp³-hybridized carbons (Fsp3) is 0.0667. The third kappa shape index (κ3) is 3.83. The zero-order valence-corrected chi connectivity index (χ0v) is 13.1. The van der Waals surface area contributed by atoms with Crippen LogP contribution in [0.4, 0.5) is 18.9 Å². The molecule has 23 heavy (non-hydrogen) atoms. The molecule has 118 valence electrons. The second-order valence-corrected chi connectivity index (χ2v) is 6.40. The van der Waals surface area contributed by atoms with Crippen LogP contribution in [0.2, 0.25) is 0 Å². The van der Waals surface area contributed by atoms with Crippen LogP contribution >= 0.6 is 23.1 Å². The van der Waals surface area contributed by atoms with Gasteiger partial charge >= 0.3 is 6.18 Å². The number of carbonyl (C=O) groups excluding carboxylic acids is 1. The summed E-state index contributed by atoms with van der Waals surface area (Å²) < 4.78 is 38.1. The Morgan fingerprint density at radius 3 is 2.74 bits per heavy atom. The van der Waals surface area contributed by atoms with Gasteiger partial charge < -0.3 is 5.32 Å². The number of carbonyl (C=O) groups is 1. The number of aliphatic imine (C=N–C) groups is 1. The van der Waals surface area contributed by atoms with Crippen molar-refractivity contribution < 1.29 is 18.0 Å². The van der Waals surface area contributed by atoms with Crippen molar-refractivity contribution in [3.05, 3.63) is 57.1 Å². The normalized spacial score (nSPS) is 18.7. The van der Waals surface area contributed by atoms with Gasteiger partial charge in [-0.25, -0.2) is 4.99 Å². The molecule has 0 saturated carbocycles. The molecule has 1 aromatic carbocycles. The Hall–Kier alpha value is -2.06. The van der Waals surface area contributed by atoms with Crippen molar-refractivity contribution in [1.29, 1.82) is 0 Å². The number of rotatable bonds is 2. The highest BCUT2D eigenvalue weighted by molar-refractivity contribution is 8.18. The lowest BCUT2D eigenvalue weighted by atomic mass is 10.2. The summed E-state index contributed by atoms with van der Waals surface area (Å²) in [4.78, 5) is 16.4. The molecule has 1 saturated heterocycles. The maximum absolute atomic E-state index is 12.7. The van der Waals surface area contributed by atoms with E-state index in [1.54, 1.807) is 6.08 Å². The van der Waals surface area contributed by atoms with Crippen LogP contribution in [0, 0.1) is 0 Å².